The molecule has 1 amide bonds. The Hall–Kier alpha value is -0.610. The lowest BCUT2D eigenvalue weighted by Gasteiger charge is -2.14. The molecule has 1 unspecified atom stereocenters. The molecule has 1 rings (SSSR count). The Kier molecular flexibility index (Phi) is 6.42. The second-order valence-electron chi connectivity index (χ2n) is 4.36. The molecule has 0 aromatic rings. The summed E-state index contributed by atoms with van der Waals surface area (Å²) in [6, 6.07) is 0.0731. The van der Waals surface area contributed by atoms with Crippen molar-refractivity contribution in [3.05, 3.63) is 0 Å². The fraction of sp³-hybridized carbons (Fsp3) is 0.917. The number of amides is 1. The van der Waals surface area contributed by atoms with Gasteiger partial charge in [0.2, 0.25) is 5.91 Å². The van der Waals surface area contributed by atoms with Gasteiger partial charge in [-0.1, -0.05) is 13.3 Å². The molecule has 1 heterocycles. The van der Waals surface area contributed by atoms with Crippen molar-refractivity contribution in [3.8, 4) is 0 Å². The van der Waals surface area contributed by atoms with Crippen molar-refractivity contribution in [1.82, 2.24) is 10.2 Å². The molecule has 0 saturated carbocycles. The average Bonchev–Trinajstić information content (AvgIpc) is 2.62. The molecule has 0 aromatic carbocycles. The summed E-state index contributed by atoms with van der Waals surface area (Å²) >= 11 is 0. The van der Waals surface area contributed by atoms with Crippen molar-refractivity contribution < 1.29 is 9.53 Å². The summed E-state index contributed by atoms with van der Waals surface area (Å²) < 4.78 is 4.99. The zero-order valence-corrected chi connectivity index (χ0v) is 10.5. The highest BCUT2D eigenvalue weighted by Gasteiger charge is 2.29. The molecule has 0 spiro atoms. The van der Waals surface area contributed by atoms with Crippen LogP contribution < -0.4 is 5.32 Å². The number of nitrogens with one attached hydrogen (secondary N) is 1. The van der Waals surface area contributed by atoms with E-state index in [1.807, 2.05) is 4.90 Å². The Morgan fingerprint density at radius 2 is 2.25 bits per heavy atom. The SMILES string of the molecule is CCCC1NCN(CCCCCOC)C1=O. The van der Waals surface area contributed by atoms with Gasteiger partial charge < -0.3 is 9.64 Å². The minimum atomic E-state index is 0.0731. The second kappa shape index (κ2) is 7.63. The summed E-state index contributed by atoms with van der Waals surface area (Å²) in [7, 11) is 1.73. The third-order valence-electron chi connectivity index (χ3n) is 2.99. The highest BCUT2D eigenvalue weighted by atomic mass is 16.5. The fourth-order valence-electron chi connectivity index (χ4n) is 2.04. The minimum Gasteiger partial charge on any atom is -0.385 e. The van der Waals surface area contributed by atoms with Crippen LogP contribution in [0, 0.1) is 0 Å². The van der Waals surface area contributed by atoms with E-state index >= 15 is 0 Å². The van der Waals surface area contributed by atoms with E-state index < -0.39 is 0 Å². The van der Waals surface area contributed by atoms with E-state index in [0.717, 1.165) is 51.9 Å². The van der Waals surface area contributed by atoms with E-state index in [0.29, 0.717) is 0 Å². The number of carbonyl (C=O) groups is 1. The van der Waals surface area contributed by atoms with Crippen LogP contribution in [0.15, 0.2) is 0 Å². The molecule has 4 heteroatoms. The highest BCUT2D eigenvalue weighted by Crippen LogP contribution is 2.10. The first-order valence-electron chi connectivity index (χ1n) is 6.30. The van der Waals surface area contributed by atoms with Crippen LogP contribution in [0.2, 0.25) is 0 Å². The van der Waals surface area contributed by atoms with Crippen LogP contribution in [0.25, 0.3) is 0 Å². The van der Waals surface area contributed by atoms with E-state index in [2.05, 4.69) is 12.2 Å². The number of nitrogens with zero attached hydrogens (tertiary/aromatic N) is 1. The van der Waals surface area contributed by atoms with Crippen LogP contribution in [0.3, 0.4) is 0 Å². The lowest BCUT2D eigenvalue weighted by molar-refractivity contribution is -0.129. The van der Waals surface area contributed by atoms with E-state index in [4.69, 9.17) is 4.74 Å². The van der Waals surface area contributed by atoms with Crippen molar-refractivity contribution >= 4 is 5.91 Å². The first-order chi connectivity index (χ1) is 7.79. The van der Waals surface area contributed by atoms with Gasteiger partial charge in [-0.2, -0.15) is 0 Å². The van der Waals surface area contributed by atoms with Crippen LogP contribution >= 0.6 is 0 Å². The van der Waals surface area contributed by atoms with Crippen molar-refractivity contribution in [3.63, 3.8) is 0 Å². The first-order valence-corrected chi connectivity index (χ1v) is 6.30. The molecule has 1 aliphatic rings. The molecule has 1 atom stereocenters. The van der Waals surface area contributed by atoms with Crippen LogP contribution in [0.5, 0.6) is 0 Å². The maximum Gasteiger partial charge on any atom is 0.240 e. The van der Waals surface area contributed by atoms with Crippen LogP contribution in [0.4, 0.5) is 0 Å². The predicted molar refractivity (Wildman–Crippen MR) is 64.1 cm³/mol. The lowest BCUT2D eigenvalue weighted by atomic mass is 10.1. The predicted octanol–water partition coefficient (Wildman–Crippen LogP) is 1.36. The number of carbonyl (C=O) groups excluding carboxylic acids is 1. The molecule has 1 fully saturated rings. The number of hydrogen-bond acceptors (Lipinski definition) is 3. The fourth-order valence-corrected chi connectivity index (χ4v) is 2.04. The van der Waals surface area contributed by atoms with Crippen LogP contribution in [-0.2, 0) is 9.53 Å². The topological polar surface area (TPSA) is 41.6 Å². The number of rotatable bonds is 8. The van der Waals surface area contributed by atoms with Gasteiger partial charge in [-0.25, -0.2) is 0 Å². The molecular formula is C12H24N2O2. The van der Waals surface area contributed by atoms with Crippen molar-refractivity contribution in [2.24, 2.45) is 0 Å². The molecule has 0 radical (unpaired) electrons. The van der Waals surface area contributed by atoms with Crippen molar-refractivity contribution in [2.75, 3.05) is 26.9 Å². The first kappa shape index (κ1) is 13.5. The highest BCUT2D eigenvalue weighted by molar-refractivity contribution is 5.83. The van der Waals surface area contributed by atoms with Crippen LogP contribution in [0.1, 0.15) is 39.0 Å². The van der Waals surface area contributed by atoms with Gasteiger partial charge in [0.1, 0.15) is 0 Å². The Morgan fingerprint density at radius 3 is 2.94 bits per heavy atom. The maximum absolute atomic E-state index is 11.9. The van der Waals surface area contributed by atoms with Gasteiger partial charge in [0, 0.05) is 20.3 Å². The molecule has 0 aliphatic carbocycles. The van der Waals surface area contributed by atoms with E-state index in [-0.39, 0.29) is 11.9 Å². The molecule has 1 N–H and O–H groups in total. The van der Waals surface area contributed by atoms with Crippen molar-refractivity contribution in [2.45, 2.75) is 45.1 Å². The van der Waals surface area contributed by atoms with Gasteiger partial charge in [0.15, 0.2) is 0 Å². The molecular weight excluding hydrogens is 204 g/mol. The van der Waals surface area contributed by atoms with Gasteiger partial charge in [0.05, 0.1) is 12.7 Å². The smallest absolute Gasteiger partial charge is 0.240 e. The third-order valence-corrected chi connectivity index (χ3v) is 2.99. The summed E-state index contributed by atoms with van der Waals surface area (Å²) in [6.45, 7) is 4.55. The quantitative estimate of drug-likeness (QED) is 0.638. The Morgan fingerprint density at radius 1 is 1.44 bits per heavy atom. The molecule has 94 valence electrons. The Bertz CT molecular complexity index is 209. The second-order valence-corrected chi connectivity index (χ2v) is 4.36. The van der Waals surface area contributed by atoms with Gasteiger partial charge in [-0.3, -0.25) is 10.1 Å². The summed E-state index contributed by atoms with van der Waals surface area (Å²) in [4.78, 5) is 13.8. The number of unbranched alkanes of at least 4 members (excludes halogenated alkanes) is 2. The van der Waals surface area contributed by atoms with E-state index in [9.17, 15) is 4.79 Å². The van der Waals surface area contributed by atoms with Gasteiger partial charge >= 0.3 is 0 Å². The Balaban J connectivity index is 2.12. The lowest BCUT2D eigenvalue weighted by Crippen LogP contribution is -2.31. The molecule has 4 nitrogen and oxygen atoms in total. The molecule has 16 heavy (non-hydrogen) atoms. The zero-order chi connectivity index (χ0) is 11.8. The summed E-state index contributed by atoms with van der Waals surface area (Å²) in [5, 5.41) is 3.26. The largest absolute Gasteiger partial charge is 0.385 e. The van der Waals surface area contributed by atoms with Gasteiger partial charge in [-0.15, -0.1) is 0 Å². The number of ether oxygens (including phenoxy) is 1. The molecule has 1 aliphatic heterocycles. The number of hydrogen-bond donors (Lipinski definition) is 1. The zero-order valence-electron chi connectivity index (χ0n) is 10.5. The molecule has 0 bridgehead atoms. The van der Waals surface area contributed by atoms with Gasteiger partial charge in [-0.05, 0) is 25.7 Å². The van der Waals surface area contributed by atoms with Crippen LogP contribution in [-0.4, -0.2) is 43.8 Å². The average molecular weight is 228 g/mol. The minimum absolute atomic E-state index is 0.0731. The summed E-state index contributed by atoms with van der Waals surface area (Å²) in [5.41, 5.74) is 0. The third kappa shape index (κ3) is 4.10. The number of methoxy groups -OCH3 is 1. The Labute approximate surface area is 98.3 Å². The van der Waals surface area contributed by atoms with E-state index in [1.165, 1.54) is 0 Å². The van der Waals surface area contributed by atoms with Crippen molar-refractivity contribution in [1.29, 1.82) is 0 Å². The normalized spacial score (nSPS) is 20.8. The molecule has 1 saturated heterocycles. The van der Waals surface area contributed by atoms with E-state index in [1.54, 1.807) is 7.11 Å². The summed E-state index contributed by atoms with van der Waals surface area (Å²) in [5.74, 6) is 0.286. The monoisotopic (exact) mass is 228 g/mol. The standard InChI is InChI=1S/C12H24N2O2/c1-3-7-11-12(15)14(10-13-11)8-5-4-6-9-16-2/h11,13H,3-10H2,1-2H3. The van der Waals surface area contributed by atoms with Gasteiger partial charge in [0.25, 0.3) is 0 Å². The maximum atomic E-state index is 11.9. The molecule has 0 aromatic heterocycles. The summed E-state index contributed by atoms with van der Waals surface area (Å²) in [6.07, 6.45) is 5.32.